The van der Waals surface area contributed by atoms with Crippen LogP contribution in [0.2, 0.25) is 0 Å². The van der Waals surface area contributed by atoms with Crippen LogP contribution in [0.25, 0.3) is 11.0 Å². The SMILES string of the molecule is Cn1ncc2c(N3CCN(C(=O)Cc4ccccc4)CC3)nc(N)nc21. The highest BCUT2D eigenvalue weighted by Gasteiger charge is 2.24. The fourth-order valence-electron chi connectivity index (χ4n) is 3.31. The van der Waals surface area contributed by atoms with E-state index in [9.17, 15) is 4.79 Å². The van der Waals surface area contributed by atoms with E-state index in [1.54, 1.807) is 10.9 Å². The van der Waals surface area contributed by atoms with Crippen molar-refractivity contribution >= 4 is 28.7 Å². The lowest BCUT2D eigenvalue weighted by Crippen LogP contribution is -2.49. The zero-order chi connectivity index (χ0) is 18.1. The van der Waals surface area contributed by atoms with E-state index >= 15 is 0 Å². The van der Waals surface area contributed by atoms with Crippen molar-refractivity contribution in [1.29, 1.82) is 0 Å². The molecular formula is C18H21N7O. The highest BCUT2D eigenvalue weighted by Crippen LogP contribution is 2.25. The number of nitrogens with zero attached hydrogens (tertiary/aromatic N) is 6. The molecule has 0 saturated carbocycles. The molecule has 0 unspecified atom stereocenters. The molecule has 1 aromatic carbocycles. The van der Waals surface area contributed by atoms with Crippen LogP contribution in [-0.4, -0.2) is 56.7 Å². The number of piperazine rings is 1. The summed E-state index contributed by atoms with van der Waals surface area (Å²) in [5, 5.41) is 5.13. The number of benzene rings is 1. The molecule has 1 saturated heterocycles. The highest BCUT2D eigenvalue weighted by atomic mass is 16.2. The molecule has 8 heteroatoms. The second-order valence-electron chi connectivity index (χ2n) is 6.44. The number of hydrogen-bond donors (Lipinski definition) is 1. The molecule has 3 heterocycles. The first-order valence-electron chi connectivity index (χ1n) is 8.63. The van der Waals surface area contributed by atoms with E-state index in [1.165, 1.54) is 0 Å². The molecular weight excluding hydrogens is 330 g/mol. The standard InChI is InChI=1S/C18H21N7O/c1-23-16-14(12-20-23)17(22-18(19)21-16)25-9-7-24(8-10-25)15(26)11-13-5-3-2-4-6-13/h2-6,12H,7-11H2,1H3,(H2,19,21,22). The van der Waals surface area contributed by atoms with Crippen molar-refractivity contribution in [2.75, 3.05) is 36.8 Å². The third-order valence-corrected chi connectivity index (χ3v) is 4.72. The molecule has 2 N–H and O–H groups in total. The van der Waals surface area contributed by atoms with Gasteiger partial charge in [0.15, 0.2) is 5.65 Å². The van der Waals surface area contributed by atoms with E-state index in [4.69, 9.17) is 5.73 Å². The average Bonchev–Trinajstić information content (AvgIpc) is 3.03. The molecule has 1 amide bonds. The van der Waals surface area contributed by atoms with Crippen molar-refractivity contribution in [2.24, 2.45) is 7.05 Å². The number of nitrogens with two attached hydrogens (primary N) is 1. The molecule has 2 aromatic heterocycles. The third-order valence-electron chi connectivity index (χ3n) is 4.72. The maximum atomic E-state index is 12.5. The number of hydrogen-bond acceptors (Lipinski definition) is 6. The van der Waals surface area contributed by atoms with Crippen LogP contribution in [0.4, 0.5) is 11.8 Å². The van der Waals surface area contributed by atoms with Crippen LogP contribution in [0.1, 0.15) is 5.56 Å². The number of carbonyl (C=O) groups excluding carboxylic acids is 1. The van der Waals surface area contributed by atoms with Gasteiger partial charge in [0.05, 0.1) is 18.0 Å². The number of aromatic nitrogens is 4. The van der Waals surface area contributed by atoms with Gasteiger partial charge in [0.2, 0.25) is 11.9 Å². The van der Waals surface area contributed by atoms with E-state index < -0.39 is 0 Å². The predicted octanol–water partition coefficient (Wildman–Crippen LogP) is 0.837. The highest BCUT2D eigenvalue weighted by molar-refractivity contribution is 5.88. The molecule has 0 spiro atoms. The van der Waals surface area contributed by atoms with Gasteiger partial charge in [-0.3, -0.25) is 9.48 Å². The molecule has 0 bridgehead atoms. The van der Waals surface area contributed by atoms with Crippen LogP contribution < -0.4 is 10.6 Å². The van der Waals surface area contributed by atoms with E-state index in [0.717, 1.165) is 22.4 Å². The minimum Gasteiger partial charge on any atom is -0.368 e. The van der Waals surface area contributed by atoms with Crippen LogP contribution >= 0.6 is 0 Å². The summed E-state index contributed by atoms with van der Waals surface area (Å²) in [6.07, 6.45) is 2.20. The summed E-state index contributed by atoms with van der Waals surface area (Å²) in [5.74, 6) is 1.18. The molecule has 134 valence electrons. The summed E-state index contributed by atoms with van der Waals surface area (Å²) >= 11 is 0. The topological polar surface area (TPSA) is 93.2 Å². The minimum absolute atomic E-state index is 0.157. The van der Waals surface area contributed by atoms with Crippen LogP contribution in [0.15, 0.2) is 36.5 Å². The Labute approximate surface area is 151 Å². The average molecular weight is 351 g/mol. The molecule has 0 aliphatic carbocycles. The quantitative estimate of drug-likeness (QED) is 0.751. The first kappa shape index (κ1) is 16.3. The third kappa shape index (κ3) is 3.05. The molecule has 0 atom stereocenters. The molecule has 1 aliphatic heterocycles. The largest absolute Gasteiger partial charge is 0.368 e. The van der Waals surface area contributed by atoms with Gasteiger partial charge in [-0.1, -0.05) is 30.3 Å². The number of fused-ring (bicyclic) bond motifs is 1. The Kier molecular flexibility index (Phi) is 4.16. The number of amides is 1. The second kappa shape index (κ2) is 6.62. The lowest BCUT2D eigenvalue weighted by Gasteiger charge is -2.35. The summed E-state index contributed by atoms with van der Waals surface area (Å²) in [7, 11) is 1.83. The van der Waals surface area contributed by atoms with Crippen molar-refractivity contribution < 1.29 is 4.79 Å². The van der Waals surface area contributed by atoms with Crippen LogP contribution in [-0.2, 0) is 18.3 Å². The van der Waals surface area contributed by atoms with Gasteiger partial charge in [-0.05, 0) is 5.56 Å². The van der Waals surface area contributed by atoms with E-state index in [0.29, 0.717) is 32.6 Å². The number of carbonyl (C=O) groups is 1. The van der Waals surface area contributed by atoms with Gasteiger partial charge in [-0.15, -0.1) is 0 Å². The Bertz CT molecular complexity index is 929. The van der Waals surface area contributed by atoms with Crippen molar-refractivity contribution in [3.8, 4) is 0 Å². The van der Waals surface area contributed by atoms with Gasteiger partial charge in [0.25, 0.3) is 0 Å². The summed E-state index contributed by atoms with van der Waals surface area (Å²) in [5.41, 5.74) is 7.63. The van der Waals surface area contributed by atoms with Crippen LogP contribution in [0.5, 0.6) is 0 Å². The van der Waals surface area contributed by atoms with E-state index in [2.05, 4.69) is 20.0 Å². The maximum Gasteiger partial charge on any atom is 0.227 e. The fourth-order valence-corrected chi connectivity index (χ4v) is 3.31. The minimum atomic E-state index is 0.157. The molecule has 1 aliphatic rings. The first-order chi connectivity index (χ1) is 12.6. The number of anilines is 2. The number of rotatable bonds is 3. The Morgan fingerprint density at radius 2 is 1.85 bits per heavy atom. The summed E-state index contributed by atoms with van der Waals surface area (Å²) in [6.45, 7) is 2.75. The Balaban J connectivity index is 1.46. The smallest absolute Gasteiger partial charge is 0.227 e. The maximum absolute atomic E-state index is 12.5. The molecule has 26 heavy (non-hydrogen) atoms. The zero-order valence-corrected chi connectivity index (χ0v) is 14.7. The first-order valence-corrected chi connectivity index (χ1v) is 8.63. The molecule has 3 aromatic rings. The van der Waals surface area contributed by atoms with Gasteiger partial charge in [-0.2, -0.15) is 15.1 Å². The fraction of sp³-hybridized carbons (Fsp3) is 0.333. The summed E-state index contributed by atoms with van der Waals surface area (Å²) < 4.78 is 1.69. The predicted molar refractivity (Wildman–Crippen MR) is 99.7 cm³/mol. The van der Waals surface area contributed by atoms with Gasteiger partial charge >= 0.3 is 0 Å². The van der Waals surface area contributed by atoms with Crippen molar-refractivity contribution in [3.05, 3.63) is 42.1 Å². The summed E-state index contributed by atoms with van der Waals surface area (Å²) in [6, 6.07) is 9.84. The van der Waals surface area contributed by atoms with Crippen LogP contribution in [0.3, 0.4) is 0 Å². The lowest BCUT2D eigenvalue weighted by atomic mass is 10.1. The molecule has 4 rings (SSSR count). The van der Waals surface area contributed by atoms with Crippen molar-refractivity contribution in [1.82, 2.24) is 24.6 Å². The van der Waals surface area contributed by atoms with E-state index in [-0.39, 0.29) is 11.9 Å². The Morgan fingerprint density at radius 1 is 1.12 bits per heavy atom. The molecule has 0 radical (unpaired) electrons. The van der Waals surface area contributed by atoms with Gasteiger partial charge in [0, 0.05) is 33.2 Å². The van der Waals surface area contributed by atoms with Crippen molar-refractivity contribution in [2.45, 2.75) is 6.42 Å². The second-order valence-corrected chi connectivity index (χ2v) is 6.44. The Hall–Kier alpha value is -3.16. The number of nitrogen functional groups attached to an aromatic ring is 1. The van der Waals surface area contributed by atoms with Gasteiger partial charge in [0.1, 0.15) is 5.82 Å². The molecule has 8 nitrogen and oxygen atoms in total. The van der Waals surface area contributed by atoms with Gasteiger partial charge < -0.3 is 15.5 Å². The number of aryl methyl sites for hydroxylation is 1. The van der Waals surface area contributed by atoms with E-state index in [1.807, 2.05) is 42.3 Å². The van der Waals surface area contributed by atoms with Gasteiger partial charge in [-0.25, -0.2) is 0 Å². The van der Waals surface area contributed by atoms with Crippen molar-refractivity contribution in [3.63, 3.8) is 0 Å². The summed E-state index contributed by atoms with van der Waals surface area (Å²) in [4.78, 5) is 25.3. The Morgan fingerprint density at radius 3 is 2.58 bits per heavy atom. The van der Waals surface area contributed by atoms with Crippen LogP contribution in [0, 0.1) is 0 Å². The normalized spacial score (nSPS) is 14.8. The lowest BCUT2D eigenvalue weighted by molar-refractivity contribution is -0.130. The monoisotopic (exact) mass is 351 g/mol. The molecule has 1 fully saturated rings. The zero-order valence-electron chi connectivity index (χ0n) is 14.7.